The number of fused-ring (bicyclic) bond motifs is 3. The molecule has 1 unspecified atom stereocenters. The molecule has 1 aromatic heterocycles. The van der Waals surface area contributed by atoms with Gasteiger partial charge in [0.1, 0.15) is 12.2 Å². The monoisotopic (exact) mass is 326 g/mol. The van der Waals surface area contributed by atoms with Crippen LogP contribution >= 0.6 is 0 Å². The van der Waals surface area contributed by atoms with Crippen molar-refractivity contribution in [3.05, 3.63) is 53.1 Å². The van der Waals surface area contributed by atoms with Gasteiger partial charge in [0, 0.05) is 7.05 Å². The van der Waals surface area contributed by atoms with E-state index in [0.717, 1.165) is 5.56 Å². The highest BCUT2D eigenvalue weighted by molar-refractivity contribution is 6.17. The quantitative estimate of drug-likeness (QED) is 0.638. The molecule has 2 aliphatic heterocycles. The van der Waals surface area contributed by atoms with E-state index in [9.17, 15) is 10.0 Å². The van der Waals surface area contributed by atoms with Gasteiger partial charge in [0.25, 0.3) is 0 Å². The number of rotatable bonds is 3. The van der Waals surface area contributed by atoms with Crippen LogP contribution in [0.5, 0.6) is 0 Å². The number of quaternary nitrogens is 1. The Morgan fingerprint density at radius 2 is 2.04 bits per heavy atom. The minimum absolute atomic E-state index is 0.000572. The molecule has 4 rings (SSSR count). The highest BCUT2D eigenvalue weighted by atomic mass is 16.6. The average molecular weight is 326 g/mol. The van der Waals surface area contributed by atoms with Gasteiger partial charge in [0.05, 0.1) is 12.9 Å². The number of hydroxylamine groups is 2. The lowest BCUT2D eigenvalue weighted by atomic mass is 10.2. The molecule has 0 fully saturated rings. The van der Waals surface area contributed by atoms with Crippen molar-refractivity contribution >= 4 is 17.7 Å². The Balaban J connectivity index is 1.79. The summed E-state index contributed by atoms with van der Waals surface area (Å²) in [6, 6.07) is 9.47. The van der Waals surface area contributed by atoms with Gasteiger partial charge in [-0.15, -0.1) is 0 Å². The second kappa shape index (κ2) is 5.15. The summed E-state index contributed by atoms with van der Waals surface area (Å²) in [5.74, 6) is 0.960. The number of amidine groups is 1. The molecule has 2 amide bonds. The number of anilines is 1. The molecule has 8 nitrogen and oxygen atoms in total. The van der Waals surface area contributed by atoms with Gasteiger partial charge < -0.3 is 9.77 Å². The molecule has 24 heavy (non-hydrogen) atoms. The van der Waals surface area contributed by atoms with E-state index in [-0.39, 0.29) is 19.2 Å². The summed E-state index contributed by atoms with van der Waals surface area (Å²) in [5, 5.41) is 16.8. The summed E-state index contributed by atoms with van der Waals surface area (Å²) in [4.78, 5) is 20.4. The van der Waals surface area contributed by atoms with Crippen molar-refractivity contribution < 1.29 is 9.55 Å². The fraction of sp³-hybridized carbons (Fsp3) is 0.312. The molecule has 2 aromatic rings. The Morgan fingerprint density at radius 1 is 1.29 bits per heavy atom. The average Bonchev–Trinajstić information content (AvgIpc) is 3.14. The summed E-state index contributed by atoms with van der Waals surface area (Å²) >= 11 is 0. The van der Waals surface area contributed by atoms with Crippen molar-refractivity contribution in [2.75, 3.05) is 18.1 Å². The van der Waals surface area contributed by atoms with Crippen molar-refractivity contribution in [3.8, 4) is 0 Å². The van der Waals surface area contributed by atoms with Gasteiger partial charge in [0.2, 0.25) is 5.84 Å². The summed E-state index contributed by atoms with van der Waals surface area (Å²) in [6.45, 7) is 2.45. The van der Waals surface area contributed by atoms with Crippen molar-refractivity contribution in [2.24, 2.45) is 12.1 Å². The van der Waals surface area contributed by atoms with Crippen molar-refractivity contribution in [3.63, 3.8) is 0 Å². The molecule has 8 heteroatoms. The van der Waals surface area contributed by atoms with E-state index >= 15 is 0 Å². The maximum absolute atomic E-state index is 13.0. The van der Waals surface area contributed by atoms with Crippen LogP contribution < -0.4 is 4.90 Å². The van der Waals surface area contributed by atoms with Crippen molar-refractivity contribution in [1.29, 1.82) is 0 Å². The van der Waals surface area contributed by atoms with E-state index in [1.165, 1.54) is 4.90 Å². The predicted molar refractivity (Wildman–Crippen MR) is 88.6 cm³/mol. The van der Waals surface area contributed by atoms with Gasteiger partial charge in [-0.1, -0.05) is 35.4 Å². The predicted octanol–water partition coefficient (Wildman–Crippen LogP) is 1.83. The van der Waals surface area contributed by atoms with Gasteiger partial charge in [-0.2, -0.15) is 0 Å². The summed E-state index contributed by atoms with van der Waals surface area (Å²) in [5.41, 5.74) is 1.70. The number of hydrogen-bond donors (Lipinski definition) is 0. The van der Waals surface area contributed by atoms with Crippen LogP contribution in [0.4, 0.5) is 10.6 Å². The lowest BCUT2D eigenvalue weighted by Crippen LogP contribution is -2.52. The van der Waals surface area contributed by atoms with Crippen molar-refractivity contribution in [1.82, 2.24) is 14.5 Å². The zero-order valence-electron chi connectivity index (χ0n) is 13.6. The van der Waals surface area contributed by atoms with Crippen LogP contribution in [0.25, 0.3) is 0 Å². The van der Waals surface area contributed by atoms with Gasteiger partial charge in [-0.05, 0) is 12.5 Å². The highest BCUT2D eigenvalue weighted by Crippen LogP contribution is 2.33. The van der Waals surface area contributed by atoms with E-state index in [4.69, 9.17) is 0 Å². The molecule has 3 heterocycles. The first-order chi connectivity index (χ1) is 11.5. The summed E-state index contributed by atoms with van der Waals surface area (Å²) in [7, 11) is 1.84. The molecule has 0 bridgehead atoms. The molecule has 0 aliphatic carbocycles. The van der Waals surface area contributed by atoms with Crippen LogP contribution in [0, 0.1) is 5.21 Å². The van der Waals surface area contributed by atoms with Crippen LogP contribution in [-0.4, -0.2) is 44.3 Å². The molecule has 1 atom stereocenters. The van der Waals surface area contributed by atoms with Gasteiger partial charge in [-0.25, -0.2) is 19.4 Å². The molecule has 124 valence electrons. The minimum Gasteiger partial charge on any atom is -0.603 e. The minimum atomic E-state index is -0.773. The van der Waals surface area contributed by atoms with Gasteiger partial charge >= 0.3 is 6.03 Å². The fourth-order valence-corrected chi connectivity index (χ4v) is 3.06. The van der Waals surface area contributed by atoms with E-state index in [1.807, 2.05) is 37.4 Å². The zero-order valence-corrected chi connectivity index (χ0v) is 13.6. The van der Waals surface area contributed by atoms with Crippen LogP contribution in [-0.2, 0) is 13.6 Å². The van der Waals surface area contributed by atoms with Crippen LogP contribution in [0.15, 0.2) is 41.8 Å². The summed E-state index contributed by atoms with van der Waals surface area (Å²) < 4.78 is 1.03. The third-order valence-corrected chi connectivity index (χ3v) is 4.42. The van der Waals surface area contributed by atoms with Crippen molar-refractivity contribution in [2.45, 2.75) is 13.5 Å². The van der Waals surface area contributed by atoms with E-state index in [0.29, 0.717) is 23.9 Å². The SMILES string of the molecule is CC[N+]1([O-])CN2C(=O)N(Cc3ccccc3)c3ncn(C)c3C2=N1. The first kappa shape index (κ1) is 14.9. The second-order valence-corrected chi connectivity index (χ2v) is 6.04. The molecule has 1 aromatic carbocycles. The van der Waals surface area contributed by atoms with Crippen LogP contribution in [0.1, 0.15) is 18.2 Å². The van der Waals surface area contributed by atoms with Crippen LogP contribution in [0.3, 0.4) is 0 Å². The molecule has 2 aliphatic rings. The van der Waals surface area contributed by atoms with Gasteiger partial charge in [-0.3, -0.25) is 4.90 Å². The zero-order chi connectivity index (χ0) is 16.9. The van der Waals surface area contributed by atoms with E-state index < -0.39 is 4.76 Å². The first-order valence-corrected chi connectivity index (χ1v) is 7.85. The Labute approximate surface area is 139 Å². The number of aromatic nitrogens is 2. The third-order valence-electron chi connectivity index (χ3n) is 4.42. The maximum Gasteiger partial charge on any atom is 0.336 e. The maximum atomic E-state index is 13.0. The standard InChI is InChI=1S/C16H18N6O2/c1-3-22(24)11-21-15(18-22)13-14(17-10-19(13)2)20(16(21)23)9-12-7-5-4-6-8-12/h4-8,10H,3,9,11H2,1-2H3. The normalized spacial score (nSPS) is 22.5. The van der Waals surface area contributed by atoms with Crippen LogP contribution in [0.2, 0.25) is 0 Å². The molecule has 0 saturated heterocycles. The fourth-order valence-electron chi connectivity index (χ4n) is 3.06. The topological polar surface area (TPSA) is 76.8 Å². The van der Waals surface area contributed by atoms with E-state index in [2.05, 4.69) is 10.1 Å². The number of carbonyl (C=O) groups is 1. The Bertz CT molecular complexity index is 830. The Kier molecular flexibility index (Phi) is 3.19. The number of urea groups is 1. The lowest BCUT2D eigenvalue weighted by Gasteiger charge is -2.34. The third kappa shape index (κ3) is 2.11. The molecule has 0 N–H and O–H groups in total. The Hall–Kier alpha value is -2.71. The second-order valence-electron chi connectivity index (χ2n) is 6.04. The summed E-state index contributed by atoms with van der Waals surface area (Å²) in [6.07, 6.45) is 1.64. The Morgan fingerprint density at radius 3 is 2.75 bits per heavy atom. The molecular formula is C16H18N6O2. The number of imidazole rings is 1. The number of carbonyl (C=O) groups excluding carboxylic acids is 1. The molecular weight excluding hydrogens is 308 g/mol. The number of aryl methyl sites for hydroxylation is 1. The van der Waals surface area contributed by atoms with E-state index in [1.54, 1.807) is 22.7 Å². The first-order valence-electron chi connectivity index (χ1n) is 7.85. The number of amides is 2. The van der Waals surface area contributed by atoms with Gasteiger partial charge in [0.15, 0.2) is 12.5 Å². The highest BCUT2D eigenvalue weighted by Gasteiger charge is 2.46. The molecule has 0 spiro atoms. The number of nitrogens with zero attached hydrogens (tertiary/aromatic N) is 6. The number of hydrogen-bond acceptors (Lipinski definition) is 4. The largest absolute Gasteiger partial charge is 0.603 e. The molecule has 0 radical (unpaired) electrons. The molecule has 0 saturated carbocycles. The lowest BCUT2D eigenvalue weighted by molar-refractivity contribution is -0.885. The number of benzene rings is 1. The smallest absolute Gasteiger partial charge is 0.336 e.